The number of carbonyl (C=O) groups excluding carboxylic acids is 1. The molecule has 0 radical (unpaired) electrons. The Kier molecular flexibility index (Phi) is 2.19. The summed E-state index contributed by atoms with van der Waals surface area (Å²) in [6, 6.07) is 1.64. The molecule has 1 aromatic rings. The Morgan fingerprint density at radius 2 is 2.42 bits per heavy atom. The number of rotatable bonds is 2. The van der Waals surface area contributed by atoms with Gasteiger partial charge in [0.15, 0.2) is 0 Å². The van der Waals surface area contributed by atoms with Crippen LogP contribution in [0.1, 0.15) is 12.5 Å². The quantitative estimate of drug-likeness (QED) is 0.659. The van der Waals surface area contributed by atoms with Gasteiger partial charge >= 0.3 is 5.97 Å². The van der Waals surface area contributed by atoms with Crippen molar-refractivity contribution in [1.29, 1.82) is 0 Å². The molecule has 4 nitrogen and oxygen atoms in total. The van der Waals surface area contributed by atoms with Crippen molar-refractivity contribution in [2.45, 2.75) is 12.5 Å². The molecular weight excluding hydrogens is 158 g/mol. The van der Waals surface area contributed by atoms with Gasteiger partial charge in [0, 0.05) is 5.56 Å². The summed E-state index contributed by atoms with van der Waals surface area (Å²) in [4.78, 5) is 11.1. The van der Waals surface area contributed by atoms with E-state index in [4.69, 9.17) is 10.2 Å². The molecule has 0 unspecified atom stereocenters. The zero-order valence-corrected chi connectivity index (χ0v) is 7.03. The number of nitrogens with two attached hydrogens (primary N) is 1. The van der Waals surface area contributed by atoms with Crippen LogP contribution in [-0.4, -0.2) is 13.1 Å². The highest BCUT2D eigenvalue weighted by molar-refractivity contribution is 5.81. The minimum absolute atomic E-state index is 0.482. The topological polar surface area (TPSA) is 65.5 Å². The smallest absolute Gasteiger partial charge is 0.330 e. The molecule has 0 amide bonds. The van der Waals surface area contributed by atoms with Crippen LogP contribution in [0.5, 0.6) is 0 Å². The van der Waals surface area contributed by atoms with Crippen molar-refractivity contribution in [3.05, 3.63) is 24.2 Å². The number of furan rings is 1. The summed E-state index contributed by atoms with van der Waals surface area (Å²) in [5, 5.41) is 0. The molecule has 0 saturated heterocycles. The lowest BCUT2D eigenvalue weighted by Crippen LogP contribution is -2.42. The molecule has 1 rings (SSSR count). The van der Waals surface area contributed by atoms with Crippen LogP contribution in [0.2, 0.25) is 0 Å². The van der Waals surface area contributed by atoms with E-state index in [1.54, 1.807) is 13.0 Å². The molecule has 1 heterocycles. The Bertz CT molecular complexity index is 264. The monoisotopic (exact) mass is 169 g/mol. The molecule has 0 spiro atoms. The van der Waals surface area contributed by atoms with E-state index in [1.807, 2.05) is 0 Å². The van der Waals surface area contributed by atoms with Crippen molar-refractivity contribution in [2.75, 3.05) is 7.11 Å². The predicted octanol–water partition coefficient (Wildman–Crippen LogP) is 0.627. The van der Waals surface area contributed by atoms with Crippen LogP contribution in [0.4, 0.5) is 0 Å². The standard InChI is InChI=1S/C8H11NO3/c1-8(9,7(10)11-2)6-3-4-12-5-6/h3-5H,9H2,1-2H3/t8-/m1/s1. The zero-order chi connectivity index (χ0) is 9.19. The van der Waals surface area contributed by atoms with E-state index in [1.165, 1.54) is 19.6 Å². The Morgan fingerprint density at radius 3 is 2.83 bits per heavy atom. The second-order valence-corrected chi connectivity index (χ2v) is 2.71. The third kappa shape index (κ3) is 1.33. The van der Waals surface area contributed by atoms with Gasteiger partial charge in [-0.2, -0.15) is 0 Å². The molecule has 12 heavy (non-hydrogen) atoms. The van der Waals surface area contributed by atoms with Gasteiger partial charge in [-0.1, -0.05) is 0 Å². The fourth-order valence-corrected chi connectivity index (χ4v) is 0.890. The first kappa shape index (κ1) is 8.80. The highest BCUT2D eigenvalue weighted by Gasteiger charge is 2.32. The highest BCUT2D eigenvalue weighted by atomic mass is 16.5. The lowest BCUT2D eigenvalue weighted by atomic mass is 9.96. The van der Waals surface area contributed by atoms with Crippen LogP contribution in [0.25, 0.3) is 0 Å². The molecule has 4 heteroatoms. The van der Waals surface area contributed by atoms with E-state index >= 15 is 0 Å². The van der Waals surface area contributed by atoms with Gasteiger partial charge in [-0.25, -0.2) is 4.79 Å². The Morgan fingerprint density at radius 1 is 1.75 bits per heavy atom. The number of hydrogen-bond donors (Lipinski definition) is 1. The minimum Gasteiger partial charge on any atom is -0.472 e. The van der Waals surface area contributed by atoms with E-state index < -0.39 is 11.5 Å². The van der Waals surface area contributed by atoms with Gasteiger partial charge < -0.3 is 14.9 Å². The van der Waals surface area contributed by atoms with E-state index in [-0.39, 0.29) is 0 Å². The Hall–Kier alpha value is -1.29. The fraction of sp³-hybridized carbons (Fsp3) is 0.375. The third-order valence-electron chi connectivity index (χ3n) is 1.73. The van der Waals surface area contributed by atoms with Crippen molar-refractivity contribution < 1.29 is 13.9 Å². The van der Waals surface area contributed by atoms with E-state index in [0.717, 1.165) is 0 Å². The first-order valence-corrected chi connectivity index (χ1v) is 3.49. The van der Waals surface area contributed by atoms with Gasteiger partial charge in [0.2, 0.25) is 0 Å². The van der Waals surface area contributed by atoms with Crippen molar-refractivity contribution in [3.8, 4) is 0 Å². The lowest BCUT2D eigenvalue weighted by Gasteiger charge is -2.19. The molecule has 2 N–H and O–H groups in total. The average molecular weight is 169 g/mol. The summed E-state index contributed by atoms with van der Waals surface area (Å²) in [5.74, 6) is -0.482. The second-order valence-electron chi connectivity index (χ2n) is 2.71. The third-order valence-corrected chi connectivity index (χ3v) is 1.73. The molecule has 1 aromatic heterocycles. The van der Waals surface area contributed by atoms with Gasteiger partial charge in [-0.3, -0.25) is 0 Å². The maximum atomic E-state index is 11.1. The Balaban J connectivity index is 2.93. The summed E-state index contributed by atoms with van der Waals surface area (Å²) in [6.07, 6.45) is 2.89. The molecule has 0 saturated carbocycles. The summed E-state index contributed by atoms with van der Waals surface area (Å²) >= 11 is 0. The molecule has 0 aliphatic carbocycles. The molecule has 0 aliphatic heterocycles. The fourth-order valence-electron chi connectivity index (χ4n) is 0.890. The van der Waals surface area contributed by atoms with Crippen molar-refractivity contribution in [3.63, 3.8) is 0 Å². The Labute approximate surface area is 70.3 Å². The van der Waals surface area contributed by atoms with Crippen LogP contribution in [-0.2, 0) is 15.1 Å². The molecular formula is C8H11NO3. The molecule has 0 bridgehead atoms. The van der Waals surface area contributed by atoms with Crippen molar-refractivity contribution in [2.24, 2.45) is 5.73 Å². The van der Waals surface area contributed by atoms with Gasteiger partial charge in [0.1, 0.15) is 5.54 Å². The summed E-state index contributed by atoms with van der Waals surface area (Å²) in [7, 11) is 1.30. The van der Waals surface area contributed by atoms with Gasteiger partial charge in [-0.05, 0) is 13.0 Å². The zero-order valence-electron chi connectivity index (χ0n) is 7.03. The summed E-state index contributed by atoms with van der Waals surface area (Å²) in [5.41, 5.74) is 5.18. The summed E-state index contributed by atoms with van der Waals surface area (Å²) < 4.78 is 9.34. The van der Waals surface area contributed by atoms with Crippen molar-refractivity contribution in [1.82, 2.24) is 0 Å². The maximum absolute atomic E-state index is 11.1. The van der Waals surface area contributed by atoms with Gasteiger partial charge in [0.05, 0.1) is 19.6 Å². The normalized spacial score (nSPS) is 15.2. The van der Waals surface area contributed by atoms with Crippen LogP contribution in [0, 0.1) is 0 Å². The van der Waals surface area contributed by atoms with Gasteiger partial charge in [-0.15, -0.1) is 0 Å². The number of esters is 1. The largest absolute Gasteiger partial charge is 0.472 e. The molecule has 0 fully saturated rings. The van der Waals surface area contributed by atoms with Gasteiger partial charge in [0.25, 0.3) is 0 Å². The maximum Gasteiger partial charge on any atom is 0.330 e. The number of hydrogen-bond acceptors (Lipinski definition) is 4. The van der Waals surface area contributed by atoms with Crippen LogP contribution in [0.15, 0.2) is 23.0 Å². The predicted molar refractivity (Wildman–Crippen MR) is 42.3 cm³/mol. The minimum atomic E-state index is -1.12. The molecule has 0 aliphatic rings. The summed E-state index contributed by atoms with van der Waals surface area (Å²) in [6.45, 7) is 1.57. The molecule has 66 valence electrons. The SMILES string of the molecule is COC(=O)[C@](C)(N)c1ccoc1. The number of ether oxygens (including phenoxy) is 1. The molecule has 1 atom stereocenters. The van der Waals surface area contributed by atoms with E-state index in [0.29, 0.717) is 5.56 Å². The molecule has 0 aromatic carbocycles. The lowest BCUT2D eigenvalue weighted by molar-refractivity contribution is -0.146. The van der Waals surface area contributed by atoms with Crippen LogP contribution >= 0.6 is 0 Å². The van der Waals surface area contributed by atoms with E-state index in [9.17, 15) is 4.79 Å². The average Bonchev–Trinajstić information content (AvgIpc) is 2.55. The highest BCUT2D eigenvalue weighted by Crippen LogP contribution is 2.18. The second kappa shape index (κ2) is 2.98. The van der Waals surface area contributed by atoms with Crippen LogP contribution in [0.3, 0.4) is 0 Å². The number of methoxy groups -OCH3 is 1. The first-order valence-electron chi connectivity index (χ1n) is 3.49. The van der Waals surface area contributed by atoms with E-state index in [2.05, 4.69) is 4.74 Å². The van der Waals surface area contributed by atoms with Crippen LogP contribution < -0.4 is 5.73 Å². The van der Waals surface area contributed by atoms with Crippen molar-refractivity contribution >= 4 is 5.97 Å². The number of carbonyl (C=O) groups is 1. The first-order chi connectivity index (χ1) is 5.59.